The highest BCUT2D eigenvalue weighted by atomic mass is 32.2. The van der Waals surface area contributed by atoms with E-state index in [2.05, 4.69) is 0 Å². The minimum atomic E-state index is -4.40. The zero-order chi connectivity index (χ0) is 16.2. The molecule has 0 heterocycles. The lowest BCUT2D eigenvalue weighted by molar-refractivity contribution is 0.219. The molecule has 21 heavy (non-hydrogen) atoms. The molecule has 120 valence electrons. The number of nitrogen functional groups attached to an aromatic ring is 1. The summed E-state index contributed by atoms with van der Waals surface area (Å²) in [5.41, 5.74) is 5.10. The lowest BCUT2D eigenvalue weighted by Gasteiger charge is -2.29. The van der Waals surface area contributed by atoms with Gasteiger partial charge in [0.1, 0.15) is 11.6 Å². The molecule has 0 saturated carbocycles. The van der Waals surface area contributed by atoms with Gasteiger partial charge in [-0.3, -0.25) is 0 Å². The number of anilines is 1. The van der Waals surface area contributed by atoms with Gasteiger partial charge in [0, 0.05) is 18.3 Å². The third kappa shape index (κ3) is 3.69. The summed E-state index contributed by atoms with van der Waals surface area (Å²) in [6.45, 7) is 2.87. The van der Waals surface area contributed by atoms with Gasteiger partial charge in [0.2, 0.25) is 10.0 Å². The molecule has 1 aromatic rings. The van der Waals surface area contributed by atoms with Crippen LogP contribution in [0.1, 0.15) is 26.7 Å². The second-order valence-corrected chi connectivity index (χ2v) is 6.45. The number of aliphatic hydroxyl groups is 1. The van der Waals surface area contributed by atoms with Crippen molar-refractivity contribution in [1.82, 2.24) is 4.31 Å². The Morgan fingerprint density at radius 1 is 1.24 bits per heavy atom. The Morgan fingerprint density at radius 2 is 1.71 bits per heavy atom. The van der Waals surface area contributed by atoms with Crippen molar-refractivity contribution in [3.8, 4) is 0 Å². The maximum absolute atomic E-state index is 13.9. The van der Waals surface area contributed by atoms with Crippen molar-refractivity contribution in [1.29, 1.82) is 0 Å². The SMILES string of the molecule is CCC(CC)N(CCO)S(=O)(=O)c1c(F)cc(N)cc1F. The standard InChI is InChI=1S/C13H20F2N2O3S/c1-3-10(4-2)17(5-6-18)21(19,20)13-11(14)7-9(16)8-12(13)15/h7-8,10,18H,3-6,16H2,1-2H3. The summed E-state index contributed by atoms with van der Waals surface area (Å²) >= 11 is 0. The van der Waals surface area contributed by atoms with Crippen LogP contribution in [0.2, 0.25) is 0 Å². The molecule has 0 spiro atoms. The van der Waals surface area contributed by atoms with Crippen LogP contribution < -0.4 is 5.73 Å². The maximum Gasteiger partial charge on any atom is 0.249 e. The summed E-state index contributed by atoms with van der Waals surface area (Å²) in [4.78, 5) is -1.03. The monoisotopic (exact) mass is 322 g/mol. The molecular weight excluding hydrogens is 302 g/mol. The first-order valence-electron chi connectivity index (χ1n) is 6.66. The van der Waals surface area contributed by atoms with Crippen molar-refractivity contribution in [2.45, 2.75) is 37.6 Å². The fraction of sp³-hybridized carbons (Fsp3) is 0.538. The van der Waals surface area contributed by atoms with E-state index in [0.717, 1.165) is 16.4 Å². The number of aliphatic hydroxyl groups excluding tert-OH is 1. The number of sulfonamides is 1. The van der Waals surface area contributed by atoms with E-state index in [-0.39, 0.29) is 12.2 Å². The van der Waals surface area contributed by atoms with Crippen LogP contribution in [0.3, 0.4) is 0 Å². The molecule has 0 radical (unpaired) electrons. The number of nitrogens with zero attached hydrogens (tertiary/aromatic N) is 1. The first-order valence-corrected chi connectivity index (χ1v) is 8.10. The Bertz CT molecular complexity index is 566. The first kappa shape index (κ1) is 17.8. The largest absolute Gasteiger partial charge is 0.399 e. The van der Waals surface area contributed by atoms with Gasteiger partial charge in [0.25, 0.3) is 0 Å². The Kier molecular flexibility index (Phi) is 6.06. The fourth-order valence-electron chi connectivity index (χ4n) is 2.24. The van der Waals surface area contributed by atoms with Crippen molar-refractivity contribution < 1.29 is 22.3 Å². The summed E-state index contributed by atoms with van der Waals surface area (Å²) < 4.78 is 53.8. The molecule has 8 heteroatoms. The summed E-state index contributed by atoms with van der Waals surface area (Å²) in [6.07, 6.45) is 0.932. The van der Waals surface area contributed by atoms with E-state index in [4.69, 9.17) is 10.8 Å². The van der Waals surface area contributed by atoms with Crippen LogP contribution >= 0.6 is 0 Å². The van der Waals surface area contributed by atoms with Crippen molar-refractivity contribution >= 4 is 15.7 Å². The van der Waals surface area contributed by atoms with E-state index >= 15 is 0 Å². The number of benzene rings is 1. The highest BCUT2D eigenvalue weighted by molar-refractivity contribution is 7.89. The number of nitrogens with two attached hydrogens (primary N) is 1. The van der Waals surface area contributed by atoms with Crippen LogP contribution in [0.25, 0.3) is 0 Å². The predicted molar refractivity (Wildman–Crippen MR) is 76.1 cm³/mol. The average molecular weight is 322 g/mol. The molecular formula is C13H20F2N2O3S. The van der Waals surface area contributed by atoms with Crippen LogP contribution in [-0.4, -0.2) is 37.0 Å². The van der Waals surface area contributed by atoms with Crippen LogP contribution in [0.5, 0.6) is 0 Å². The third-order valence-corrected chi connectivity index (χ3v) is 5.26. The fourth-order valence-corrected chi connectivity index (χ4v) is 4.09. The molecule has 3 N–H and O–H groups in total. The zero-order valence-corrected chi connectivity index (χ0v) is 12.8. The molecule has 0 aromatic heterocycles. The summed E-state index contributed by atoms with van der Waals surface area (Å²) in [5.74, 6) is -2.47. The predicted octanol–water partition coefficient (Wildman–Crippen LogP) is 1.72. The molecule has 0 atom stereocenters. The number of hydrogen-bond donors (Lipinski definition) is 2. The Morgan fingerprint density at radius 3 is 2.10 bits per heavy atom. The van der Waals surface area contributed by atoms with Crippen LogP contribution in [0, 0.1) is 11.6 Å². The topological polar surface area (TPSA) is 83.6 Å². The second kappa shape index (κ2) is 7.15. The van der Waals surface area contributed by atoms with E-state index < -0.39 is 39.2 Å². The first-order chi connectivity index (χ1) is 9.79. The van der Waals surface area contributed by atoms with E-state index in [0.29, 0.717) is 12.8 Å². The molecule has 0 amide bonds. The molecule has 0 fully saturated rings. The van der Waals surface area contributed by atoms with Gasteiger partial charge in [0.15, 0.2) is 4.90 Å². The van der Waals surface area contributed by atoms with E-state index in [9.17, 15) is 17.2 Å². The molecule has 0 aliphatic heterocycles. The van der Waals surface area contributed by atoms with E-state index in [1.165, 1.54) is 0 Å². The van der Waals surface area contributed by atoms with Gasteiger partial charge in [-0.15, -0.1) is 0 Å². The Balaban J connectivity index is 3.43. The highest BCUT2D eigenvalue weighted by Crippen LogP contribution is 2.27. The Labute approximate surface area is 123 Å². The summed E-state index contributed by atoms with van der Waals surface area (Å²) in [6, 6.07) is 1.08. The quantitative estimate of drug-likeness (QED) is 0.749. The van der Waals surface area contributed by atoms with Gasteiger partial charge in [-0.05, 0) is 25.0 Å². The van der Waals surface area contributed by atoms with Gasteiger partial charge in [0.05, 0.1) is 6.61 Å². The molecule has 0 aliphatic rings. The molecule has 1 rings (SSSR count). The number of hydrogen-bond acceptors (Lipinski definition) is 4. The van der Waals surface area contributed by atoms with Crippen molar-refractivity contribution in [3.05, 3.63) is 23.8 Å². The van der Waals surface area contributed by atoms with E-state index in [1.807, 2.05) is 0 Å². The zero-order valence-electron chi connectivity index (χ0n) is 12.0. The second-order valence-electron chi connectivity index (χ2n) is 4.62. The Hall–Kier alpha value is -1.25. The number of rotatable bonds is 7. The molecule has 0 unspecified atom stereocenters. The van der Waals surface area contributed by atoms with Gasteiger partial charge < -0.3 is 10.8 Å². The smallest absolute Gasteiger partial charge is 0.249 e. The number of halogens is 2. The van der Waals surface area contributed by atoms with Crippen LogP contribution in [0.15, 0.2) is 17.0 Å². The van der Waals surface area contributed by atoms with Gasteiger partial charge in [-0.25, -0.2) is 17.2 Å². The van der Waals surface area contributed by atoms with Crippen molar-refractivity contribution in [3.63, 3.8) is 0 Å². The lowest BCUT2D eigenvalue weighted by atomic mass is 10.2. The van der Waals surface area contributed by atoms with Crippen molar-refractivity contribution in [2.24, 2.45) is 0 Å². The minimum absolute atomic E-state index is 0.194. The van der Waals surface area contributed by atoms with Crippen LogP contribution in [0.4, 0.5) is 14.5 Å². The van der Waals surface area contributed by atoms with Crippen molar-refractivity contribution in [2.75, 3.05) is 18.9 Å². The average Bonchev–Trinajstić information content (AvgIpc) is 2.37. The molecule has 5 nitrogen and oxygen atoms in total. The molecule has 0 saturated heterocycles. The molecule has 1 aromatic carbocycles. The van der Waals surface area contributed by atoms with Gasteiger partial charge in [-0.1, -0.05) is 13.8 Å². The molecule has 0 aliphatic carbocycles. The maximum atomic E-state index is 13.9. The minimum Gasteiger partial charge on any atom is -0.399 e. The summed E-state index contributed by atoms with van der Waals surface area (Å²) in [7, 11) is -4.40. The summed E-state index contributed by atoms with van der Waals surface area (Å²) in [5, 5.41) is 9.06. The van der Waals surface area contributed by atoms with Gasteiger partial charge in [-0.2, -0.15) is 4.31 Å². The van der Waals surface area contributed by atoms with Gasteiger partial charge >= 0.3 is 0 Å². The normalized spacial score (nSPS) is 12.3. The highest BCUT2D eigenvalue weighted by Gasteiger charge is 2.34. The molecule has 0 bridgehead atoms. The van der Waals surface area contributed by atoms with E-state index in [1.54, 1.807) is 13.8 Å². The third-order valence-electron chi connectivity index (χ3n) is 3.26. The lowest BCUT2D eigenvalue weighted by Crippen LogP contribution is -2.42. The van der Waals surface area contributed by atoms with Crippen LogP contribution in [-0.2, 0) is 10.0 Å².